The number of ether oxygens (including phenoxy) is 3. The number of carbonyl (C=O) groups excluding carboxylic acids is 2. The lowest BCUT2D eigenvalue weighted by molar-refractivity contribution is -0.132. The number of nitrogens with zero attached hydrogens (tertiary/aromatic N) is 2. The monoisotopic (exact) mass is 514 g/mol. The maximum atomic E-state index is 13.4. The molecule has 1 aromatic heterocycles. The van der Waals surface area contributed by atoms with Crippen molar-refractivity contribution in [1.82, 2.24) is 4.98 Å². The van der Waals surface area contributed by atoms with Gasteiger partial charge in [0.2, 0.25) is 0 Å². The van der Waals surface area contributed by atoms with E-state index in [2.05, 4.69) is 4.98 Å². The quantitative estimate of drug-likeness (QED) is 0.279. The van der Waals surface area contributed by atoms with Crippen LogP contribution in [0, 0.1) is 13.8 Å². The topological polar surface area (TPSA) is 98.2 Å². The molecule has 2 heterocycles. The zero-order valence-electron chi connectivity index (χ0n) is 19.7. The van der Waals surface area contributed by atoms with E-state index in [-0.39, 0.29) is 21.9 Å². The molecule has 0 radical (unpaired) electrons. The van der Waals surface area contributed by atoms with Crippen molar-refractivity contribution in [2.45, 2.75) is 19.9 Å². The number of anilines is 1. The molecule has 0 spiro atoms. The Hall–Kier alpha value is -3.56. The van der Waals surface area contributed by atoms with Crippen molar-refractivity contribution in [3.05, 3.63) is 68.7 Å². The molecule has 1 saturated heterocycles. The molecule has 4 rings (SSSR count). The van der Waals surface area contributed by atoms with Crippen molar-refractivity contribution in [2.24, 2.45) is 0 Å². The standard InChI is InChI=1S/C25H23ClN2O6S/c1-12-13(2)35-25(27-12)28-20(15-7-6-8-18(33-4)23(15)34-5)19(22(30)24(28)31)21(29)14-9-10-17(32-3)16(26)11-14/h6-11,20,29H,1-5H3. The molecular weight excluding hydrogens is 492 g/mol. The number of halogens is 1. The average molecular weight is 515 g/mol. The highest BCUT2D eigenvalue weighted by molar-refractivity contribution is 7.16. The van der Waals surface area contributed by atoms with E-state index in [1.165, 1.54) is 43.6 Å². The van der Waals surface area contributed by atoms with E-state index in [0.717, 1.165) is 10.6 Å². The summed E-state index contributed by atoms with van der Waals surface area (Å²) in [6, 6.07) is 8.72. The van der Waals surface area contributed by atoms with Gasteiger partial charge in [-0.1, -0.05) is 23.7 Å². The predicted molar refractivity (Wildman–Crippen MR) is 134 cm³/mol. The van der Waals surface area contributed by atoms with Crippen molar-refractivity contribution in [1.29, 1.82) is 0 Å². The van der Waals surface area contributed by atoms with Crippen LogP contribution in [0.3, 0.4) is 0 Å². The van der Waals surface area contributed by atoms with E-state index in [9.17, 15) is 14.7 Å². The van der Waals surface area contributed by atoms with Crippen LogP contribution in [0.5, 0.6) is 17.2 Å². The van der Waals surface area contributed by atoms with Crippen LogP contribution in [0.15, 0.2) is 42.0 Å². The number of aliphatic hydroxyl groups is 1. The Morgan fingerprint density at radius 3 is 2.34 bits per heavy atom. The first kappa shape index (κ1) is 24.6. The predicted octanol–water partition coefficient (Wildman–Crippen LogP) is 5.07. The van der Waals surface area contributed by atoms with Crippen molar-refractivity contribution in [3.8, 4) is 17.2 Å². The molecule has 1 atom stereocenters. The minimum atomic E-state index is -1.02. The highest BCUT2D eigenvalue weighted by atomic mass is 35.5. The summed E-state index contributed by atoms with van der Waals surface area (Å²) in [4.78, 5) is 33.4. The summed E-state index contributed by atoms with van der Waals surface area (Å²) in [6.07, 6.45) is 0. The minimum absolute atomic E-state index is 0.117. The van der Waals surface area contributed by atoms with Gasteiger partial charge in [-0.15, -0.1) is 11.3 Å². The first-order valence-electron chi connectivity index (χ1n) is 10.5. The average Bonchev–Trinajstić information content (AvgIpc) is 3.32. The van der Waals surface area contributed by atoms with Gasteiger partial charge in [0.1, 0.15) is 17.6 Å². The summed E-state index contributed by atoms with van der Waals surface area (Å²) < 4.78 is 16.2. The van der Waals surface area contributed by atoms with Crippen molar-refractivity contribution < 1.29 is 28.9 Å². The number of para-hydroxylation sites is 1. The summed E-state index contributed by atoms with van der Waals surface area (Å²) in [6.45, 7) is 3.71. The van der Waals surface area contributed by atoms with E-state index >= 15 is 0 Å². The lowest BCUT2D eigenvalue weighted by atomic mass is 9.94. The molecule has 1 N–H and O–H groups in total. The number of rotatable bonds is 6. The molecule has 1 unspecified atom stereocenters. The molecule has 1 aliphatic heterocycles. The van der Waals surface area contributed by atoms with Crippen LogP contribution in [-0.2, 0) is 9.59 Å². The fourth-order valence-corrected chi connectivity index (χ4v) is 5.17. The zero-order valence-corrected chi connectivity index (χ0v) is 21.3. The molecule has 10 heteroatoms. The Kier molecular flexibility index (Phi) is 6.73. The third kappa shape index (κ3) is 4.11. The largest absolute Gasteiger partial charge is 0.507 e. The van der Waals surface area contributed by atoms with Gasteiger partial charge < -0.3 is 19.3 Å². The van der Waals surface area contributed by atoms with E-state index in [0.29, 0.717) is 27.9 Å². The SMILES string of the molecule is COc1ccc(C(O)=C2C(=O)C(=O)N(c3nc(C)c(C)s3)C2c2cccc(OC)c2OC)cc1Cl. The van der Waals surface area contributed by atoms with E-state index in [4.69, 9.17) is 25.8 Å². The number of aryl methyl sites for hydroxylation is 2. The summed E-state index contributed by atoms with van der Waals surface area (Å²) in [5, 5.41) is 11.9. The molecule has 1 amide bonds. The van der Waals surface area contributed by atoms with Crippen LogP contribution in [0.1, 0.15) is 27.7 Å². The highest BCUT2D eigenvalue weighted by Gasteiger charge is 2.49. The molecule has 0 saturated carbocycles. The molecule has 0 aliphatic carbocycles. The number of hydrogen-bond acceptors (Lipinski definition) is 8. The highest BCUT2D eigenvalue weighted by Crippen LogP contribution is 2.48. The number of thiazole rings is 1. The van der Waals surface area contributed by atoms with Crippen molar-refractivity contribution >= 4 is 45.5 Å². The van der Waals surface area contributed by atoms with E-state index < -0.39 is 17.7 Å². The molecule has 182 valence electrons. The van der Waals surface area contributed by atoms with Gasteiger partial charge in [-0.05, 0) is 38.1 Å². The molecule has 2 aromatic carbocycles. The van der Waals surface area contributed by atoms with Gasteiger partial charge in [-0.2, -0.15) is 0 Å². The number of benzene rings is 2. The summed E-state index contributed by atoms with van der Waals surface area (Å²) in [5.74, 6) is -0.895. The maximum Gasteiger partial charge on any atom is 0.301 e. The van der Waals surface area contributed by atoms with Crippen LogP contribution in [0.2, 0.25) is 5.02 Å². The fraction of sp³-hybridized carbons (Fsp3) is 0.240. The van der Waals surface area contributed by atoms with Crippen molar-refractivity contribution in [3.63, 3.8) is 0 Å². The van der Waals surface area contributed by atoms with Gasteiger partial charge in [-0.25, -0.2) is 4.98 Å². The number of aromatic nitrogens is 1. The third-order valence-corrected chi connectivity index (χ3v) is 7.19. The minimum Gasteiger partial charge on any atom is -0.507 e. The van der Waals surface area contributed by atoms with Crippen LogP contribution in [0.25, 0.3) is 5.76 Å². The first-order valence-corrected chi connectivity index (χ1v) is 11.7. The molecular formula is C25H23ClN2O6S. The normalized spacial score (nSPS) is 17.1. The van der Waals surface area contributed by atoms with Gasteiger partial charge in [0, 0.05) is 16.0 Å². The van der Waals surface area contributed by atoms with Crippen LogP contribution in [-0.4, -0.2) is 43.1 Å². The second kappa shape index (κ2) is 9.59. The Morgan fingerprint density at radius 2 is 1.77 bits per heavy atom. The maximum absolute atomic E-state index is 13.4. The Labute approximate surface area is 211 Å². The number of ketones is 1. The third-order valence-electron chi connectivity index (χ3n) is 5.82. The van der Waals surface area contributed by atoms with E-state index in [1.54, 1.807) is 30.3 Å². The fourth-order valence-electron chi connectivity index (χ4n) is 3.98. The molecule has 1 aliphatic rings. The van der Waals surface area contributed by atoms with Crippen LogP contribution in [0.4, 0.5) is 5.13 Å². The lowest BCUT2D eigenvalue weighted by Crippen LogP contribution is -2.29. The summed E-state index contributed by atoms with van der Waals surface area (Å²) in [5.41, 5.74) is 1.34. The smallest absolute Gasteiger partial charge is 0.301 e. The Morgan fingerprint density at radius 1 is 1.06 bits per heavy atom. The number of carbonyl (C=O) groups is 2. The van der Waals surface area contributed by atoms with E-state index in [1.807, 2.05) is 13.8 Å². The number of hydrogen-bond donors (Lipinski definition) is 1. The van der Waals surface area contributed by atoms with Gasteiger partial charge >= 0.3 is 5.91 Å². The molecule has 35 heavy (non-hydrogen) atoms. The number of amides is 1. The first-order chi connectivity index (χ1) is 16.7. The molecule has 8 nitrogen and oxygen atoms in total. The summed E-state index contributed by atoms with van der Waals surface area (Å²) in [7, 11) is 4.43. The van der Waals surface area contributed by atoms with Gasteiger partial charge in [0.05, 0.1) is 37.6 Å². The Balaban J connectivity index is 2.01. The van der Waals surface area contributed by atoms with Crippen LogP contribution >= 0.6 is 22.9 Å². The van der Waals surface area contributed by atoms with Crippen LogP contribution < -0.4 is 19.1 Å². The number of aliphatic hydroxyl groups excluding tert-OH is 1. The zero-order chi connectivity index (χ0) is 25.4. The van der Waals surface area contributed by atoms with Crippen molar-refractivity contribution in [2.75, 3.05) is 26.2 Å². The molecule has 1 fully saturated rings. The summed E-state index contributed by atoms with van der Waals surface area (Å²) >= 11 is 7.55. The second-order valence-electron chi connectivity index (χ2n) is 7.74. The second-order valence-corrected chi connectivity index (χ2v) is 9.33. The van der Waals surface area contributed by atoms with Gasteiger partial charge in [-0.3, -0.25) is 14.5 Å². The van der Waals surface area contributed by atoms with Gasteiger partial charge in [0.15, 0.2) is 16.6 Å². The molecule has 0 bridgehead atoms. The lowest BCUT2D eigenvalue weighted by Gasteiger charge is -2.25. The number of Topliss-reactive ketones (excluding diaryl/α,β-unsaturated/α-hetero) is 1. The number of methoxy groups -OCH3 is 3. The van der Waals surface area contributed by atoms with Gasteiger partial charge in [0.25, 0.3) is 5.78 Å². The molecule has 3 aromatic rings. The Bertz CT molecular complexity index is 1350.